The van der Waals surface area contributed by atoms with Crippen LogP contribution in [0.25, 0.3) is 0 Å². The molecule has 0 aliphatic heterocycles. The van der Waals surface area contributed by atoms with E-state index in [0.717, 1.165) is 35.3 Å². The topological polar surface area (TPSA) is 85.6 Å². The lowest BCUT2D eigenvalue weighted by Gasteiger charge is -2.04. The second-order valence-electron chi connectivity index (χ2n) is 5.63. The first-order chi connectivity index (χ1) is 12.7. The molecular weight excluding hydrogens is 368 g/mol. The number of carbonyl (C=O) groups is 1. The summed E-state index contributed by atoms with van der Waals surface area (Å²) in [6, 6.07) is 10.3. The van der Waals surface area contributed by atoms with E-state index in [9.17, 15) is 4.79 Å². The van der Waals surface area contributed by atoms with Gasteiger partial charge in [0.1, 0.15) is 10.8 Å². The van der Waals surface area contributed by atoms with Gasteiger partial charge in [0, 0.05) is 13.5 Å². The molecule has 0 unspecified atom stereocenters. The quantitative estimate of drug-likeness (QED) is 0.597. The zero-order valence-corrected chi connectivity index (χ0v) is 16.3. The van der Waals surface area contributed by atoms with E-state index in [4.69, 9.17) is 0 Å². The van der Waals surface area contributed by atoms with Crippen molar-refractivity contribution in [3.05, 3.63) is 46.7 Å². The zero-order chi connectivity index (χ0) is 18.4. The normalized spacial score (nSPS) is 10.8. The van der Waals surface area contributed by atoms with E-state index >= 15 is 0 Å². The van der Waals surface area contributed by atoms with Gasteiger partial charge in [0.05, 0.1) is 5.75 Å². The van der Waals surface area contributed by atoms with Gasteiger partial charge in [0.15, 0.2) is 5.16 Å². The van der Waals surface area contributed by atoms with Crippen LogP contribution in [0.2, 0.25) is 0 Å². The van der Waals surface area contributed by atoms with Crippen LogP contribution in [0.1, 0.15) is 23.3 Å². The summed E-state index contributed by atoms with van der Waals surface area (Å²) in [5.74, 6) is 1.04. The van der Waals surface area contributed by atoms with Gasteiger partial charge in [-0.2, -0.15) is 0 Å². The van der Waals surface area contributed by atoms with E-state index < -0.39 is 0 Å². The molecule has 3 aromatic rings. The summed E-state index contributed by atoms with van der Waals surface area (Å²) in [5.41, 5.74) is 1.27. The number of hydrogen-bond acceptors (Lipinski definition) is 7. The molecule has 0 aliphatic carbocycles. The number of carbonyl (C=O) groups excluding carboxylic acids is 1. The second-order valence-corrected chi connectivity index (χ2v) is 7.64. The Labute approximate surface area is 160 Å². The highest BCUT2D eigenvalue weighted by Crippen LogP contribution is 2.19. The van der Waals surface area contributed by atoms with Crippen LogP contribution in [0.5, 0.6) is 0 Å². The summed E-state index contributed by atoms with van der Waals surface area (Å²) >= 11 is 2.76. The first-order valence-electron chi connectivity index (χ1n) is 8.33. The van der Waals surface area contributed by atoms with Gasteiger partial charge in [-0.3, -0.25) is 10.1 Å². The standard InChI is InChI=1S/C17H20N6OS2/c1-3-15-20-21-16(26-15)18-14(24)11-25-17-22-19-13(23(17)2)10-9-12-7-5-4-6-8-12/h4-8H,3,9-11H2,1-2H3,(H,18,21,24). The fraction of sp³-hybridized carbons (Fsp3) is 0.353. The number of nitrogens with one attached hydrogen (secondary N) is 1. The molecular formula is C17H20N6OS2. The Morgan fingerprint density at radius 2 is 1.96 bits per heavy atom. The van der Waals surface area contributed by atoms with E-state index in [2.05, 4.69) is 37.8 Å². The molecule has 0 fully saturated rings. The third kappa shape index (κ3) is 4.89. The summed E-state index contributed by atoms with van der Waals surface area (Å²) < 4.78 is 1.95. The molecule has 2 aromatic heterocycles. The molecule has 3 rings (SSSR count). The monoisotopic (exact) mass is 388 g/mol. The van der Waals surface area contributed by atoms with Gasteiger partial charge in [-0.1, -0.05) is 60.4 Å². The molecule has 0 saturated heterocycles. The number of hydrogen-bond donors (Lipinski definition) is 1. The Kier molecular flexibility index (Phi) is 6.35. The second kappa shape index (κ2) is 8.91. The molecule has 9 heteroatoms. The predicted octanol–water partition coefficient (Wildman–Crippen LogP) is 2.75. The average molecular weight is 389 g/mol. The Bertz CT molecular complexity index is 861. The molecule has 1 aromatic carbocycles. The predicted molar refractivity (Wildman–Crippen MR) is 103 cm³/mol. The molecule has 0 atom stereocenters. The van der Waals surface area contributed by atoms with E-state index in [-0.39, 0.29) is 11.7 Å². The number of anilines is 1. The van der Waals surface area contributed by atoms with Crippen molar-refractivity contribution in [1.82, 2.24) is 25.0 Å². The fourth-order valence-corrected chi connectivity index (χ4v) is 3.75. The highest BCUT2D eigenvalue weighted by Gasteiger charge is 2.13. The van der Waals surface area contributed by atoms with Gasteiger partial charge in [-0.25, -0.2) is 0 Å². The van der Waals surface area contributed by atoms with Gasteiger partial charge < -0.3 is 4.57 Å². The summed E-state index contributed by atoms with van der Waals surface area (Å²) in [6.07, 6.45) is 2.53. The Morgan fingerprint density at radius 1 is 1.15 bits per heavy atom. The SMILES string of the molecule is CCc1nnc(NC(=O)CSc2nnc(CCc3ccccc3)n2C)s1. The van der Waals surface area contributed by atoms with Crippen LogP contribution in [-0.2, 0) is 31.1 Å². The van der Waals surface area contributed by atoms with Crippen molar-refractivity contribution in [1.29, 1.82) is 0 Å². The van der Waals surface area contributed by atoms with Crippen LogP contribution in [0.15, 0.2) is 35.5 Å². The Morgan fingerprint density at radius 3 is 2.69 bits per heavy atom. The number of benzene rings is 1. The van der Waals surface area contributed by atoms with Gasteiger partial charge >= 0.3 is 0 Å². The fourth-order valence-electron chi connectivity index (χ4n) is 2.32. The largest absolute Gasteiger partial charge is 0.309 e. The van der Waals surface area contributed by atoms with Crippen LogP contribution in [0.4, 0.5) is 5.13 Å². The van der Waals surface area contributed by atoms with Gasteiger partial charge in [0.25, 0.3) is 0 Å². The Hall–Kier alpha value is -2.26. The number of nitrogens with zero attached hydrogens (tertiary/aromatic N) is 5. The van der Waals surface area contributed by atoms with Crippen molar-refractivity contribution in [2.24, 2.45) is 7.05 Å². The minimum atomic E-state index is -0.123. The van der Waals surface area contributed by atoms with E-state index in [1.807, 2.05) is 36.7 Å². The first-order valence-corrected chi connectivity index (χ1v) is 10.1. The minimum Gasteiger partial charge on any atom is -0.309 e. The van der Waals surface area contributed by atoms with Gasteiger partial charge in [-0.15, -0.1) is 20.4 Å². The molecule has 0 spiro atoms. The zero-order valence-electron chi connectivity index (χ0n) is 14.7. The van der Waals surface area contributed by atoms with Crippen molar-refractivity contribution in [2.45, 2.75) is 31.3 Å². The number of aromatic nitrogens is 5. The lowest BCUT2D eigenvalue weighted by molar-refractivity contribution is -0.113. The molecule has 0 aliphatic rings. The number of thioether (sulfide) groups is 1. The number of aryl methyl sites for hydroxylation is 3. The lowest BCUT2D eigenvalue weighted by atomic mass is 10.1. The summed E-state index contributed by atoms with van der Waals surface area (Å²) in [4.78, 5) is 12.1. The highest BCUT2D eigenvalue weighted by atomic mass is 32.2. The summed E-state index contributed by atoms with van der Waals surface area (Å²) in [6.45, 7) is 2.01. The molecule has 0 bridgehead atoms. The number of amides is 1. The van der Waals surface area contributed by atoms with E-state index in [1.165, 1.54) is 28.7 Å². The molecule has 1 amide bonds. The van der Waals surface area contributed by atoms with Gasteiger partial charge in [0.2, 0.25) is 11.0 Å². The van der Waals surface area contributed by atoms with Crippen molar-refractivity contribution >= 4 is 34.1 Å². The molecule has 136 valence electrons. The Balaban J connectivity index is 1.50. The highest BCUT2D eigenvalue weighted by molar-refractivity contribution is 7.99. The van der Waals surface area contributed by atoms with Crippen molar-refractivity contribution in [3.8, 4) is 0 Å². The molecule has 0 saturated carbocycles. The van der Waals surface area contributed by atoms with Crippen LogP contribution in [0.3, 0.4) is 0 Å². The summed E-state index contributed by atoms with van der Waals surface area (Å²) in [7, 11) is 1.93. The minimum absolute atomic E-state index is 0.123. The van der Waals surface area contributed by atoms with E-state index in [1.54, 1.807) is 0 Å². The van der Waals surface area contributed by atoms with E-state index in [0.29, 0.717) is 5.13 Å². The average Bonchev–Trinajstić information content (AvgIpc) is 3.25. The smallest absolute Gasteiger partial charge is 0.236 e. The van der Waals surface area contributed by atoms with Crippen LogP contribution >= 0.6 is 23.1 Å². The van der Waals surface area contributed by atoms with Crippen molar-refractivity contribution in [2.75, 3.05) is 11.1 Å². The molecule has 1 N–H and O–H groups in total. The molecule has 26 heavy (non-hydrogen) atoms. The third-order valence-corrected chi connectivity index (χ3v) is 5.76. The molecule has 0 radical (unpaired) electrons. The number of rotatable bonds is 8. The lowest BCUT2D eigenvalue weighted by Crippen LogP contribution is -2.14. The summed E-state index contributed by atoms with van der Waals surface area (Å²) in [5, 5.41) is 21.3. The van der Waals surface area contributed by atoms with Gasteiger partial charge in [-0.05, 0) is 18.4 Å². The van der Waals surface area contributed by atoms with Crippen molar-refractivity contribution in [3.63, 3.8) is 0 Å². The van der Waals surface area contributed by atoms with Crippen LogP contribution in [-0.4, -0.2) is 36.6 Å². The van der Waals surface area contributed by atoms with Crippen molar-refractivity contribution < 1.29 is 4.79 Å². The molecule has 7 nitrogen and oxygen atoms in total. The van der Waals surface area contributed by atoms with Crippen LogP contribution < -0.4 is 5.32 Å². The maximum atomic E-state index is 12.1. The maximum absolute atomic E-state index is 12.1. The molecule has 2 heterocycles. The third-order valence-electron chi connectivity index (χ3n) is 3.75. The first kappa shape index (κ1) is 18.5. The maximum Gasteiger partial charge on any atom is 0.236 e. The van der Waals surface area contributed by atoms with Crippen LogP contribution in [0, 0.1) is 0 Å².